The van der Waals surface area contributed by atoms with E-state index in [2.05, 4.69) is 36.6 Å². The second-order valence-corrected chi connectivity index (χ2v) is 5.69. The number of hydrogen-bond acceptors (Lipinski definition) is 2. The summed E-state index contributed by atoms with van der Waals surface area (Å²) in [6.45, 7) is 0. The van der Waals surface area contributed by atoms with Gasteiger partial charge in [-0.2, -0.15) is 0 Å². The molecule has 0 aromatic heterocycles. The molecular formula is C12H9Br2FO2. The first-order valence-corrected chi connectivity index (χ1v) is 6.20. The zero-order valence-electron chi connectivity index (χ0n) is 8.91. The quantitative estimate of drug-likeness (QED) is 0.460. The van der Waals surface area contributed by atoms with E-state index in [9.17, 15) is 9.18 Å². The molecule has 0 aliphatic carbocycles. The Kier molecular flexibility index (Phi) is 5.58. The SMILES string of the molecule is COC(=O)/C=C/C(=C(Br)Br)c1ccc(F)cc1. The van der Waals surface area contributed by atoms with Crippen LogP contribution in [-0.2, 0) is 9.53 Å². The van der Waals surface area contributed by atoms with Crippen molar-refractivity contribution in [2.45, 2.75) is 0 Å². The number of esters is 1. The highest BCUT2D eigenvalue weighted by Gasteiger charge is 2.04. The van der Waals surface area contributed by atoms with Crippen molar-refractivity contribution in [1.29, 1.82) is 0 Å². The first-order chi connectivity index (χ1) is 8.04. The molecule has 0 amide bonds. The average molecular weight is 364 g/mol. The Morgan fingerprint density at radius 2 is 1.82 bits per heavy atom. The summed E-state index contributed by atoms with van der Waals surface area (Å²) in [5.41, 5.74) is 1.49. The number of hydrogen-bond donors (Lipinski definition) is 0. The molecule has 0 aliphatic heterocycles. The molecule has 0 radical (unpaired) electrons. The van der Waals surface area contributed by atoms with E-state index in [4.69, 9.17) is 0 Å². The molecule has 0 fully saturated rings. The van der Waals surface area contributed by atoms with Crippen LogP contribution in [0.25, 0.3) is 5.57 Å². The predicted molar refractivity (Wildman–Crippen MR) is 72.3 cm³/mol. The second kappa shape index (κ2) is 6.71. The number of allylic oxidation sites excluding steroid dienone is 2. The van der Waals surface area contributed by atoms with Gasteiger partial charge in [-0.15, -0.1) is 0 Å². The van der Waals surface area contributed by atoms with E-state index in [1.165, 1.54) is 25.3 Å². The Hall–Kier alpha value is -0.940. The van der Waals surface area contributed by atoms with E-state index in [1.807, 2.05) is 0 Å². The fourth-order valence-electron chi connectivity index (χ4n) is 1.12. The normalized spacial score (nSPS) is 10.4. The van der Waals surface area contributed by atoms with Crippen LogP contribution in [0.3, 0.4) is 0 Å². The Balaban J connectivity index is 3.04. The van der Waals surface area contributed by atoms with Crippen molar-refractivity contribution in [3.05, 3.63) is 51.2 Å². The molecule has 90 valence electrons. The van der Waals surface area contributed by atoms with Crippen LogP contribution in [0, 0.1) is 5.82 Å². The first kappa shape index (κ1) is 14.1. The average Bonchev–Trinajstić information content (AvgIpc) is 2.31. The summed E-state index contributed by atoms with van der Waals surface area (Å²) in [5.74, 6) is -0.762. The number of benzene rings is 1. The zero-order valence-corrected chi connectivity index (χ0v) is 12.1. The van der Waals surface area contributed by atoms with Crippen LogP contribution >= 0.6 is 31.9 Å². The monoisotopic (exact) mass is 362 g/mol. The summed E-state index contributed by atoms with van der Waals surface area (Å²) < 4.78 is 17.9. The van der Waals surface area contributed by atoms with Crippen LogP contribution in [0.4, 0.5) is 4.39 Å². The fourth-order valence-corrected chi connectivity index (χ4v) is 1.84. The molecule has 0 atom stereocenters. The van der Waals surface area contributed by atoms with Gasteiger partial charge < -0.3 is 4.74 Å². The fraction of sp³-hybridized carbons (Fsp3) is 0.0833. The molecule has 1 rings (SSSR count). The van der Waals surface area contributed by atoms with Gasteiger partial charge in [0.15, 0.2) is 0 Å². The molecular weight excluding hydrogens is 355 g/mol. The van der Waals surface area contributed by atoms with Gasteiger partial charge in [-0.25, -0.2) is 9.18 Å². The molecule has 0 bridgehead atoms. The predicted octanol–water partition coefficient (Wildman–Crippen LogP) is 4.01. The highest BCUT2D eigenvalue weighted by molar-refractivity contribution is 9.28. The summed E-state index contributed by atoms with van der Waals surface area (Å²) in [5, 5.41) is 0. The topological polar surface area (TPSA) is 26.3 Å². The molecule has 0 spiro atoms. The van der Waals surface area contributed by atoms with Crippen molar-refractivity contribution < 1.29 is 13.9 Å². The maximum atomic E-state index is 12.8. The third-order valence-electron chi connectivity index (χ3n) is 1.95. The van der Waals surface area contributed by atoms with Crippen molar-refractivity contribution in [2.75, 3.05) is 7.11 Å². The van der Waals surface area contributed by atoms with Gasteiger partial charge in [0.05, 0.1) is 10.5 Å². The van der Waals surface area contributed by atoms with E-state index in [1.54, 1.807) is 18.2 Å². The number of halogens is 3. The van der Waals surface area contributed by atoms with Crippen molar-refractivity contribution in [2.24, 2.45) is 0 Å². The minimum Gasteiger partial charge on any atom is -0.466 e. The number of carbonyl (C=O) groups excluding carboxylic acids is 1. The maximum Gasteiger partial charge on any atom is 0.330 e. The number of methoxy groups -OCH3 is 1. The van der Waals surface area contributed by atoms with Gasteiger partial charge in [0.2, 0.25) is 0 Å². The maximum absolute atomic E-state index is 12.8. The lowest BCUT2D eigenvalue weighted by Crippen LogP contribution is -1.94. The third-order valence-corrected chi connectivity index (χ3v) is 2.80. The van der Waals surface area contributed by atoms with Crippen LogP contribution in [-0.4, -0.2) is 13.1 Å². The van der Waals surface area contributed by atoms with Gasteiger partial charge in [0, 0.05) is 11.6 Å². The molecule has 1 aromatic rings. The van der Waals surface area contributed by atoms with Gasteiger partial charge in [0.25, 0.3) is 0 Å². The van der Waals surface area contributed by atoms with E-state index >= 15 is 0 Å². The number of rotatable bonds is 3. The van der Waals surface area contributed by atoms with Crippen molar-refractivity contribution in [1.82, 2.24) is 0 Å². The summed E-state index contributed by atoms with van der Waals surface area (Å²) >= 11 is 6.53. The highest BCUT2D eigenvalue weighted by Crippen LogP contribution is 2.28. The molecule has 0 N–H and O–H groups in total. The molecule has 5 heteroatoms. The summed E-state index contributed by atoms with van der Waals surface area (Å²) in [6.07, 6.45) is 2.87. The molecule has 0 heterocycles. The molecule has 17 heavy (non-hydrogen) atoms. The van der Waals surface area contributed by atoms with Crippen LogP contribution in [0.1, 0.15) is 5.56 Å². The minimum absolute atomic E-state index is 0.309. The van der Waals surface area contributed by atoms with Crippen LogP contribution in [0.2, 0.25) is 0 Å². The van der Waals surface area contributed by atoms with E-state index in [0.717, 1.165) is 11.1 Å². The van der Waals surface area contributed by atoms with Crippen LogP contribution in [0.15, 0.2) is 39.8 Å². The van der Waals surface area contributed by atoms with Gasteiger partial charge in [0.1, 0.15) is 5.82 Å². The highest BCUT2D eigenvalue weighted by atomic mass is 79.9. The summed E-state index contributed by atoms with van der Waals surface area (Å²) in [6, 6.07) is 5.94. The molecule has 0 unspecified atom stereocenters. The molecule has 0 saturated heterocycles. The van der Waals surface area contributed by atoms with Crippen LogP contribution < -0.4 is 0 Å². The van der Waals surface area contributed by atoms with Crippen molar-refractivity contribution in [3.63, 3.8) is 0 Å². The number of ether oxygens (including phenoxy) is 1. The lowest BCUT2D eigenvalue weighted by Gasteiger charge is -2.03. The van der Waals surface area contributed by atoms with Gasteiger partial charge in [-0.3, -0.25) is 0 Å². The third kappa shape index (κ3) is 4.44. The summed E-state index contributed by atoms with van der Waals surface area (Å²) in [7, 11) is 1.30. The van der Waals surface area contributed by atoms with E-state index in [-0.39, 0.29) is 5.82 Å². The Morgan fingerprint density at radius 1 is 1.24 bits per heavy atom. The van der Waals surface area contributed by atoms with Crippen molar-refractivity contribution in [3.8, 4) is 0 Å². The standard InChI is InChI=1S/C12H9Br2FO2/c1-17-11(16)7-6-10(12(13)14)8-2-4-9(15)5-3-8/h2-7H,1H3/b7-6+. The molecule has 0 saturated carbocycles. The van der Waals surface area contributed by atoms with Gasteiger partial charge in [-0.05, 0) is 55.6 Å². The van der Waals surface area contributed by atoms with Gasteiger partial charge in [-0.1, -0.05) is 12.1 Å². The Bertz CT molecular complexity index is 460. The molecule has 0 aliphatic rings. The smallest absolute Gasteiger partial charge is 0.330 e. The van der Waals surface area contributed by atoms with Crippen LogP contribution in [0.5, 0.6) is 0 Å². The second-order valence-electron chi connectivity index (χ2n) is 3.04. The Morgan fingerprint density at radius 3 is 2.29 bits per heavy atom. The lowest BCUT2D eigenvalue weighted by atomic mass is 10.1. The van der Waals surface area contributed by atoms with Gasteiger partial charge >= 0.3 is 5.97 Å². The van der Waals surface area contributed by atoms with Crippen molar-refractivity contribution >= 4 is 43.4 Å². The lowest BCUT2D eigenvalue weighted by molar-refractivity contribution is -0.134. The zero-order chi connectivity index (χ0) is 12.8. The van der Waals surface area contributed by atoms with E-state index in [0.29, 0.717) is 3.39 Å². The largest absolute Gasteiger partial charge is 0.466 e. The van der Waals surface area contributed by atoms with E-state index < -0.39 is 5.97 Å². The Labute approximate surface area is 115 Å². The summed E-state index contributed by atoms with van der Waals surface area (Å²) in [4.78, 5) is 11.0. The molecule has 2 nitrogen and oxygen atoms in total. The number of carbonyl (C=O) groups is 1. The minimum atomic E-state index is -0.453. The first-order valence-electron chi connectivity index (χ1n) is 4.62. The molecule has 1 aromatic carbocycles.